The van der Waals surface area contributed by atoms with Gasteiger partial charge >= 0.3 is 0 Å². The van der Waals surface area contributed by atoms with Crippen molar-refractivity contribution in [3.05, 3.63) is 60.2 Å². The molecule has 0 atom stereocenters. The molecule has 2 heterocycles. The van der Waals surface area contributed by atoms with Gasteiger partial charge in [-0.25, -0.2) is 4.39 Å². The standard InChI is InChI=1S/C23H25FN4O2/c1-27-10-8-17(9-11-27)28-14-16(13-26-28)22-15(12-21(25)30)6-7-19(23(22)24)18-4-2-3-5-20(18)29/h2-7,13-14,17,29H,8-12H2,1H3,(H2,25,30). The molecule has 1 aliphatic rings. The summed E-state index contributed by atoms with van der Waals surface area (Å²) in [7, 11) is 2.10. The molecule has 2 aromatic carbocycles. The molecule has 30 heavy (non-hydrogen) atoms. The van der Waals surface area contributed by atoms with Crippen LogP contribution in [0, 0.1) is 5.82 Å². The number of para-hydroxylation sites is 1. The van der Waals surface area contributed by atoms with E-state index in [9.17, 15) is 9.90 Å². The lowest BCUT2D eigenvalue weighted by Crippen LogP contribution is -2.31. The van der Waals surface area contributed by atoms with Crippen LogP contribution >= 0.6 is 0 Å². The number of amides is 1. The van der Waals surface area contributed by atoms with Gasteiger partial charge < -0.3 is 15.7 Å². The third-order valence-corrected chi connectivity index (χ3v) is 5.74. The van der Waals surface area contributed by atoms with Gasteiger partial charge in [-0.15, -0.1) is 0 Å². The molecule has 1 aromatic heterocycles. The van der Waals surface area contributed by atoms with Gasteiger partial charge in [0.05, 0.1) is 18.7 Å². The van der Waals surface area contributed by atoms with Gasteiger partial charge in [0.15, 0.2) is 0 Å². The first-order chi connectivity index (χ1) is 14.4. The fourth-order valence-corrected chi connectivity index (χ4v) is 4.10. The predicted octanol–water partition coefficient (Wildman–Crippen LogP) is 3.36. The summed E-state index contributed by atoms with van der Waals surface area (Å²) in [5.74, 6) is -1.04. The highest BCUT2D eigenvalue weighted by atomic mass is 19.1. The third-order valence-electron chi connectivity index (χ3n) is 5.74. The van der Waals surface area contributed by atoms with Crippen LogP contribution in [-0.2, 0) is 11.2 Å². The lowest BCUT2D eigenvalue weighted by Gasteiger charge is -2.29. The summed E-state index contributed by atoms with van der Waals surface area (Å²) < 4.78 is 17.6. The molecule has 1 amide bonds. The van der Waals surface area contributed by atoms with Gasteiger partial charge in [0.2, 0.25) is 5.91 Å². The van der Waals surface area contributed by atoms with Crippen molar-refractivity contribution in [1.82, 2.24) is 14.7 Å². The zero-order chi connectivity index (χ0) is 21.3. The Morgan fingerprint density at radius 3 is 2.63 bits per heavy atom. The quantitative estimate of drug-likeness (QED) is 0.678. The fraction of sp³-hybridized carbons (Fsp3) is 0.304. The number of halogens is 1. The van der Waals surface area contributed by atoms with Gasteiger partial charge in [-0.1, -0.05) is 30.3 Å². The first-order valence-corrected chi connectivity index (χ1v) is 10.0. The molecule has 0 radical (unpaired) electrons. The Morgan fingerprint density at radius 2 is 1.93 bits per heavy atom. The Hall–Kier alpha value is -3.19. The topological polar surface area (TPSA) is 84.4 Å². The number of primary amides is 1. The average Bonchev–Trinajstić information content (AvgIpc) is 3.19. The summed E-state index contributed by atoms with van der Waals surface area (Å²) in [6, 6.07) is 10.1. The molecule has 6 nitrogen and oxygen atoms in total. The maximum atomic E-state index is 15.7. The second-order valence-corrected chi connectivity index (χ2v) is 7.86. The largest absolute Gasteiger partial charge is 0.507 e. The van der Waals surface area contributed by atoms with E-state index in [-0.39, 0.29) is 23.8 Å². The van der Waals surface area contributed by atoms with Crippen molar-refractivity contribution in [1.29, 1.82) is 0 Å². The van der Waals surface area contributed by atoms with Gasteiger partial charge in [0.25, 0.3) is 0 Å². The lowest BCUT2D eigenvalue weighted by atomic mass is 9.93. The van der Waals surface area contributed by atoms with Crippen LogP contribution in [0.3, 0.4) is 0 Å². The summed E-state index contributed by atoms with van der Waals surface area (Å²) in [5, 5.41) is 14.7. The minimum absolute atomic E-state index is 0.00739. The number of hydrogen-bond donors (Lipinski definition) is 2. The van der Waals surface area contributed by atoms with Crippen LogP contribution in [0.2, 0.25) is 0 Å². The normalized spacial score (nSPS) is 15.4. The Morgan fingerprint density at radius 1 is 1.20 bits per heavy atom. The van der Waals surface area contributed by atoms with Crippen LogP contribution in [0.25, 0.3) is 22.3 Å². The van der Waals surface area contributed by atoms with E-state index in [1.807, 2.05) is 10.9 Å². The van der Waals surface area contributed by atoms with E-state index in [1.54, 1.807) is 36.5 Å². The van der Waals surface area contributed by atoms with Crippen molar-refractivity contribution in [2.45, 2.75) is 25.3 Å². The van der Waals surface area contributed by atoms with Crippen molar-refractivity contribution < 1.29 is 14.3 Å². The number of phenols is 1. The third kappa shape index (κ3) is 3.93. The molecular weight excluding hydrogens is 383 g/mol. The summed E-state index contributed by atoms with van der Waals surface area (Å²) in [5.41, 5.74) is 7.46. The highest BCUT2D eigenvalue weighted by Crippen LogP contribution is 2.37. The van der Waals surface area contributed by atoms with Crippen LogP contribution < -0.4 is 5.73 Å². The summed E-state index contributed by atoms with van der Waals surface area (Å²) in [6.07, 6.45) is 5.36. The molecule has 7 heteroatoms. The first kappa shape index (κ1) is 20.1. The Bertz CT molecular complexity index is 1070. The van der Waals surface area contributed by atoms with Crippen LogP contribution in [0.5, 0.6) is 5.75 Å². The van der Waals surface area contributed by atoms with Gasteiger partial charge in [0.1, 0.15) is 11.6 Å². The molecule has 1 aliphatic heterocycles. The highest BCUT2D eigenvalue weighted by molar-refractivity contribution is 5.84. The number of piperidine rings is 1. The van der Waals surface area contributed by atoms with Gasteiger partial charge in [0, 0.05) is 28.5 Å². The molecule has 1 fully saturated rings. The van der Waals surface area contributed by atoms with E-state index >= 15 is 4.39 Å². The maximum absolute atomic E-state index is 15.7. The molecule has 4 rings (SSSR count). The molecule has 0 bridgehead atoms. The minimum atomic E-state index is -0.534. The number of aromatic nitrogens is 2. The van der Waals surface area contributed by atoms with E-state index in [1.165, 1.54) is 6.07 Å². The Labute approximate surface area is 174 Å². The first-order valence-electron chi connectivity index (χ1n) is 10.0. The monoisotopic (exact) mass is 408 g/mol. The number of hydrogen-bond acceptors (Lipinski definition) is 4. The lowest BCUT2D eigenvalue weighted by molar-refractivity contribution is -0.117. The van der Waals surface area contributed by atoms with Crippen molar-refractivity contribution in [3.63, 3.8) is 0 Å². The van der Waals surface area contributed by atoms with Crippen LogP contribution in [0.4, 0.5) is 4.39 Å². The molecule has 3 aromatic rings. The predicted molar refractivity (Wildman–Crippen MR) is 113 cm³/mol. The van der Waals surface area contributed by atoms with E-state index in [4.69, 9.17) is 5.73 Å². The van der Waals surface area contributed by atoms with E-state index in [0.29, 0.717) is 22.3 Å². The molecule has 0 unspecified atom stereocenters. The van der Waals surface area contributed by atoms with E-state index in [2.05, 4.69) is 17.0 Å². The van der Waals surface area contributed by atoms with Crippen LogP contribution in [0.1, 0.15) is 24.4 Å². The highest BCUT2D eigenvalue weighted by Gasteiger charge is 2.23. The molecule has 3 N–H and O–H groups in total. The van der Waals surface area contributed by atoms with E-state index < -0.39 is 11.7 Å². The van der Waals surface area contributed by atoms with Crippen molar-refractivity contribution in [3.8, 4) is 28.0 Å². The van der Waals surface area contributed by atoms with Crippen LogP contribution in [0.15, 0.2) is 48.8 Å². The Kier molecular flexibility index (Phi) is 5.55. The maximum Gasteiger partial charge on any atom is 0.221 e. The number of carbonyl (C=O) groups is 1. The minimum Gasteiger partial charge on any atom is -0.507 e. The summed E-state index contributed by atoms with van der Waals surface area (Å²) >= 11 is 0. The smallest absolute Gasteiger partial charge is 0.221 e. The van der Waals surface area contributed by atoms with Gasteiger partial charge in [-0.3, -0.25) is 9.48 Å². The summed E-state index contributed by atoms with van der Waals surface area (Å²) in [4.78, 5) is 13.9. The number of aromatic hydroxyl groups is 1. The molecular formula is C23H25FN4O2. The molecule has 0 saturated carbocycles. The number of nitrogens with two attached hydrogens (primary N) is 1. The SMILES string of the molecule is CN1CCC(n2cc(-c3c(CC(N)=O)ccc(-c4ccccc4O)c3F)cn2)CC1. The van der Waals surface area contributed by atoms with Crippen molar-refractivity contribution in [2.75, 3.05) is 20.1 Å². The second-order valence-electron chi connectivity index (χ2n) is 7.86. The zero-order valence-electron chi connectivity index (χ0n) is 16.9. The van der Waals surface area contributed by atoms with Crippen molar-refractivity contribution in [2.24, 2.45) is 5.73 Å². The average molecular weight is 408 g/mol. The van der Waals surface area contributed by atoms with E-state index in [0.717, 1.165) is 25.9 Å². The zero-order valence-corrected chi connectivity index (χ0v) is 16.9. The number of carbonyl (C=O) groups excluding carboxylic acids is 1. The fourth-order valence-electron chi connectivity index (χ4n) is 4.10. The molecule has 0 spiro atoms. The number of phenolic OH excluding ortho intramolecular Hbond substituents is 1. The summed E-state index contributed by atoms with van der Waals surface area (Å²) in [6.45, 7) is 1.98. The molecule has 1 saturated heterocycles. The second kappa shape index (κ2) is 8.28. The number of benzene rings is 2. The number of nitrogens with zero attached hydrogens (tertiary/aromatic N) is 3. The van der Waals surface area contributed by atoms with Gasteiger partial charge in [-0.05, 0) is 44.6 Å². The molecule has 156 valence electrons. The van der Waals surface area contributed by atoms with Gasteiger partial charge in [-0.2, -0.15) is 5.10 Å². The number of rotatable bonds is 5. The van der Waals surface area contributed by atoms with Crippen molar-refractivity contribution >= 4 is 5.91 Å². The Balaban J connectivity index is 1.78. The number of likely N-dealkylation sites (tertiary alicyclic amines) is 1. The molecule has 0 aliphatic carbocycles. The van der Waals surface area contributed by atoms with Crippen LogP contribution in [-0.4, -0.2) is 45.8 Å².